The Kier molecular flexibility index (Phi) is 6.07. The summed E-state index contributed by atoms with van der Waals surface area (Å²) in [5.41, 5.74) is 5.61. The predicted molar refractivity (Wildman–Crippen MR) is 74.9 cm³/mol. The molecule has 19 heavy (non-hydrogen) atoms. The van der Waals surface area contributed by atoms with Crippen molar-refractivity contribution in [1.82, 2.24) is 10.2 Å². The number of carbonyl (C=O) groups is 1. The Bertz CT molecular complexity index is 280. The zero-order valence-electron chi connectivity index (χ0n) is 11.8. The average molecular weight is 269 g/mol. The molecule has 1 unspecified atom stereocenters. The quantitative estimate of drug-likeness (QED) is 0.762. The van der Waals surface area contributed by atoms with Gasteiger partial charge in [-0.15, -0.1) is 0 Å². The van der Waals surface area contributed by atoms with Gasteiger partial charge in [-0.2, -0.15) is 0 Å². The molecule has 110 valence electrons. The first-order valence-corrected chi connectivity index (χ1v) is 7.61. The maximum absolute atomic E-state index is 11.9. The van der Waals surface area contributed by atoms with E-state index in [4.69, 9.17) is 10.5 Å². The maximum Gasteiger partial charge on any atom is 0.221 e. The van der Waals surface area contributed by atoms with Gasteiger partial charge >= 0.3 is 0 Å². The fraction of sp³-hybridized carbons (Fsp3) is 0.929. The zero-order chi connectivity index (χ0) is 13.5. The van der Waals surface area contributed by atoms with Crippen molar-refractivity contribution in [2.45, 2.75) is 50.7 Å². The van der Waals surface area contributed by atoms with Crippen molar-refractivity contribution in [2.75, 3.05) is 32.8 Å². The second-order valence-corrected chi connectivity index (χ2v) is 5.68. The second kappa shape index (κ2) is 7.82. The molecule has 2 rings (SSSR count). The van der Waals surface area contributed by atoms with E-state index in [1.165, 1.54) is 19.3 Å². The van der Waals surface area contributed by atoms with E-state index in [9.17, 15) is 4.79 Å². The highest BCUT2D eigenvalue weighted by molar-refractivity contribution is 5.76. The summed E-state index contributed by atoms with van der Waals surface area (Å²) in [4.78, 5) is 14.2. The average Bonchev–Trinajstić information content (AvgIpc) is 2.46. The summed E-state index contributed by atoms with van der Waals surface area (Å²) in [5, 5.41) is 3.16. The van der Waals surface area contributed by atoms with Gasteiger partial charge < -0.3 is 15.8 Å². The van der Waals surface area contributed by atoms with Gasteiger partial charge in [0.15, 0.2) is 0 Å². The molecule has 5 nitrogen and oxygen atoms in total. The Hall–Kier alpha value is -0.650. The minimum absolute atomic E-state index is 0.134. The van der Waals surface area contributed by atoms with Crippen molar-refractivity contribution in [3.8, 4) is 0 Å². The molecule has 2 fully saturated rings. The van der Waals surface area contributed by atoms with E-state index in [0.29, 0.717) is 19.0 Å². The van der Waals surface area contributed by atoms with Gasteiger partial charge in [-0.05, 0) is 12.8 Å². The number of hydrogen-bond acceptors (Lipinski definition) is 4. The molecule has 0 aromatic heterocycles. The molecule has 0 radical (unpaired) electrons. The van der Waals surface area contributed by atoms with Crippen LogP contribution in [0.2, 0.25) is 0 Å². The normalized spacial score (nSPS) is 26.3. The van der Waals surface area contributed by atoms with E-state index in [1.807, 2.05) is 0 Å². The summed E-state index contributed by atoms with van der Waals surface area (Å²) >= 11 is 0. The van der Waals surface area contributed by atoms with Gasteiger partial charge in [0.25, 0.3) is 0 Å². The third-order valence-corrected chi connectivity index (χ3v) is 4.11. The molecule has 5 heteroatoms. The Morgan fingerprint density at radius 3 is 2.84 bits per heavy atom. The summed E-state index contributed by atoms with van der Waals surface area (Å²) in [6, 6.07) is 0.419. The van der Waals surface area contributed by atoms with Gasteiger partial charge in [0.05, 0.1) is 12.7 Å². The lowest BCUT2D eigenvalue weighted by molar-refractivity contribution is -0.122. The van der Waals surface area contributed by atoms with E-state index in [1.54, 1.807) is 0 Å². The molecule has 1 saturated carbocycles. The summed E-state index contributed by atoms with van der Waals surface area (Å²) in [6.45, 7) is 3.87. The van der Waals surface area contributed by atoms with E-state index < -0.39 is 0 Å². The lowest BCUT2D eigenvalue weighted by atomic mass is 9.95. The molecule has 0 aromatic carbocycles. The van der Waals surface area contributed by atoms with Crippen LogP contribution in [0.5, 0.6) is 0 Å². The van der Waals surface area contributed by atoms with Gasteiger partial charge in [-0.25, -0.2) is 0 Å². The van der Waals surface area contributed by atoms with Crippen molar-refractivity contribution < 1.29 is 9.53 Å². The highest BCUT2D eigenvalue weighted by Gasteiger charge is 2.20. The molecule has 1 saturated heterocycles. The van der Waals surface area contributed by atoms with Gasteiger partial charge in [-0.1, -0.05) is 19.3 Å². The number of carbonyl (C=O) groups excluding carboxylic acids is 1. The van der Waals surface area contributed by atoms with Gasteiger partial charge in [0.2, 0.25) is 5.91 Å². The molecule has 0 bridgehead atoms. The van der Waals surface area contributed by atoms with E-state index >= 15 is 0 Å². The fourth-order valence-corrected chi connectivity index (χ4v) is 2.93. The van der Waals surface area contributed by atoms with Crippen LogP contribution in [0, 0.1) is 0 Å². The predicted octanol–water partition coefficient (Wildman–Crippen LogP) is 0.485. The molecular formula is C14H27N3O2. The van der Waals surface area contributed by atoms with Crippen molar-refractivity contribution in [3.05, 3.63) is 0 Å². The second-order valence-electron chi connectivity index (χ2n) is 5.68. The van der Waals surface area contributed by atoms with Crippen molar-refractivity contribution in [1.29, 1.82) is 0 Å². The Balaban J connectivity index is 1.62. The Morgan fingerprint density at radius 1 is 1.32 bits per heavy atom. The number of hydrogen-bond donors (Lipinski definition) is 2. The van der Waals surface area contributed by atoms with Crippen molar-refractivity contribution in [2.24, 2.45) is 5.73 Å². The first kappa shape index (κ1) is 14.8. The molecule has 0 aromatic rings. The van der Waals surface area contributed by atoms with E-state index in [0.717, 1.165) is 39.1 Å². The number of morpholine rings is 1. The zero-order valence-corrected chi connectivity index (χ0v) is 11.8. The Morgan fingerprint density at radius 2 is 2.11 bits per heavy atom. The summed E-state index contributed by atoms with van der Waals surface area (Å²) in [5.74, 6) is 0.197. The lowest BCUT2D eigenvalue weighted by Gasteiger charge is -2.32. The fourth-order valence-electron chi connectivity index (χ4n) is 2.93. The largest absolute Gasteiger partial charge is 0.374 e. The number of nitrogens with one attached hydrogen (secondary N) is 1. The SMILES string of the molecule is NCC1CN(CCC(=O)NC2CCCCC2)CCO1. The van der Waals surface area contributed by atoms with E-state index in [-0.39, 0.29) is 12.0 Å². The van der Waals surface area contributed by atoms with Gasteiger partial charge in [0.1, 0.15) is 0 Å². The van der Waals surface area contributed by atoms with Crippen LogP contribution in [0.25, 0.3) is 0 Å². The molecule has 1 amide bonds. The third kappa shape index (κ3) is 5.09. The third-order valence-electron chi connectivity index (χ3n) is 4.11. The smallest absolute Gasteiger partial charge is 0.221 e. The number of amides is 1. The summed E-state index contributed by atoms with van der Waals surface area (Å²) in [6.07, 6.45) is 6.86. The highest BCUT2D eigenvalue weighted by Crippen LogP contribution is 2.17. The van der Waals surface area contributed by atoms with Crippen LogP contribution in [-0.2, 0) is 9.53 Å². The number of ether oxygens (including phenoxy) is 1. The first-order valence-electron chi connectivity index (χ1n) is 7.61. The highest BCUT2D eigenvalue weighted by atomic mass is 16.5. The van der Waals surface area contributed by atoms with Crippen LogP contribution in [-0.4, -0.2) is 55.7 Å². The summed E-state index contributed by atoms with van der Waals surface area (Å²) < 4.78 is 5.52. The minimum Gasteiger partial charge on any atom is -0.374 e. The molecule has 0 spiro atoms. The topological polar surface area (TPSA) is 67.6 Å². The molecule has 3 N–H and O–H groups in total. The van der Waals surface area contributed by atoms with Crippen LogP contribution in [0.1, 0.15) is 38.5 Å². The molecule has 1 atom stereocenters. The monoisotopic (exact) mass is 269 g/mol. The van der Waals surface area contributed by atoms with Crippen LogP contribution in [0.4, 0.5) is 0 Å². The van der Waals surface area contributed by atoms with Gasteiger partial charge in [-0.3, -0.25) is 9.69 Å². The molecule has 1 aliphatic carbocycles. The van der Waals surface area contributed by atoms with Crippen LogP contribution >= 0.6 is 0 Å². The molecule has 1 aliphatic heterocycles. The maximum atomic E-state index is 11.9. The van der Waals surface area contributed by atoms with Crippen LogP contribution in [0.15, 0.2) is 0 Å². The summed E-state index contributed by atoms with van der Waals surface area (Å²) in [7, 11) is 0. The number of rotatable bonds is 5. The molecule has 1 heterocycles. The lowest BCUT2D eigenvalue weighted by Crippen LogP contribution is -2.47. The molecule has 2 aliphatic rings. The van der Waals surface area contributed by atoms with Crippen LogP contribution in [0.3, 0.4) is 0 Å². The van der Waals surface area contributed by atoms with Gasteiger partial charge in [0, 0.05) is 38.6 Å². The first-order chi connectivity index (χ1) is 9.28. The van der Waals surface area contributed by atoms with Crippen molar-refractivity contribution in [3.63, 3.8) is 0 Å². The van der Waals surface area contributed by atoms with E-state index in [2.05, 4.69) is 10.2 Å². The molecular weight excluding hydrogens is 242 g/mol. The standard InChI is InChI=1S/C14H27N3O2/c15-10-13-11-17(8-9-19-13)7-6-14(18)16-12-4-2-1-3-5-12/h12-13H,1-11,15H2,(H,16,18). The number of nitrogens with zero attached hydrogens (tertiary/aromatic N) is 1. The minimum atomic E-state index is 0.134. The van der Waals surface area contributed by atoms with Crippen LogP contribution < -0.4 is 11.1 Å². The van der Waals surface area contributed by atoms with Crippen molar-refractivity contribution >= 4 is 5.91 Å². The Labute approximate surface area is 115 Å². The number of nitrogens with two attached hydrogens (primary N) is 1.